The first-order valence-corrected chi connectivity index (χ1v) is 7.82. The van der Waals surface area contributed by atoms with Crippen LogP contribution in [0.5, 0.6) is 0 Å². The Labute approximate surface area is 129 Å². The summed E-state index contributed by atoms with van der Waals surface area (Å²) in [6.07, 6.45) is 0.0332. The van der Waals surface area contributed by atoms with Crippen molar-refractivity contribution < 1.29 is 18.3 Å². The summed E-state index contributed by atoms with van der Waals surface area (Å²) >= 11 is 0. The molecule has 1 unspecified atom stereocenters. The highest BCUT2D eigenvalue weighted by molar-refractivity contribution is 5.29. The lowest BCUT2D eigenvalue weighted by Crippen LogP contribution is -2.42. The SMILES string of the molecule is CC1CCC(NCC(C)(O)c2cccc(C(F)(F)F)c2)CC1. The number of nitrogens with one attached hydrogen (secondary N) is 1. The lowest BCUT2D eigenvalue weighted by molar-refractivity contribution is -0.137. The molecule has 1 aromatic rings. The molecule has 1 fully saturated rings. The molecule has 2 nitrogen and oxygen atoms in total. The first-order valence-electron chi connectivity index (χ1n) is 7.82. The molecule has 0 radical (unpaired) electrons. The molecule has 0 saturated heterocycles. The molecule has 124 valence electrons. The number of aliphatic hydroxyl groups is 1. The van der Waals surface area contributed by atoms with Crippen LogP contribution in [0.25, 0.3) is 0 Å². The molecule has 0 spiro atoms. The van der Waals surface area contributed by atoms with Crippen molar-refractivity contribution in [2.24, 2.45) is 5.92 Å². The van der Waals surface area contributed by atoms with Gasteiger partial charge in [-0.3, -0.25) is 0 Å². The van der Waals surface area contributed by atoms with Crippen LogP contribution in [0.4, 0.5) is 13.2 Å². The van der Waals surface area contributed by atoms with Gasteiger partial charge in [-0.2, -0.15) is 13.2 Å². The number of benzene rings is 1. The van der Waals surface area contributed by atoms with E-state index in [1.807, 2.05) is 0 Å². The molecule has 5 heteroatoms. The molecule has 0 aliphatic heterocycles. The Kier molecular flexibility index (Phi) is 5.17. The summed E-state index contributed by atoms with van der Waals surface area (Å²) in [7, 11) is 0. The van der Waals surface area contributed by atoms with Crippen molar-refractivity contribution >= 4 is 0 Å². The summed E-state index contributed by atoms with van der Waals surface area (Å²) < 4.78 is 38.3. The minimum absolute atomic E-state index is 0.257. The lowest BCUT2D eigenvalue weighted by atomic mass is 9.86. The van der Waals surface area contributed by atoms with E-state index in [-0.39, 0.29) is 6.54 Å². The minimum Gasteiger partial charge on any atom is -0.384 e. The summed E-state index contributed by atoms with van der Waals surface area (Å²) in [4.78, 5) is 0. The van der Waals surface area contributed by atoms with Gasteiger partial charge in [-0.1, -0.05) is 19.1 Å². The maximum atomic E-state index is 12.8. The zero-order valence-electron chi connectivity index (χ0n) is 13.1. The van der Waals surface area contributed by atoms with Crippen LogP contribution in [0.1, 0.15) is 50.7 Å². The van der Waals surface area contributed by atoms with Gasteiger partial charge in [0.15, 0.2) is 0 Å². The van der Waals surface area contributed by atoms with Gasteiger partial charge in [0.1, 0.15) is 0 Å². The Morgan fingerprint density at radius 3 is 2.32 bits per heavy atom. The summed E-state index contributed by atoms with van der Waals surface area (Å²) in [5, 5.41) is 13.8. The number of rotatable bonds is 4. The molecule has 1 aromatic carbocycles. The maximum Gasteiger partial charge on any atom is 0.416 e. The summed E-state index contributed by atoms with van der Waals surface area (Å²) in [6, 6.07) is 5.28. The van der Waals surface area contributed by atoms with Crippen LogP contribution < -0.4 is 5.32 Å². The highest BCUT2D eigenvalue weighted by atomic mass is 19.4. The molecule has 1 aliphatic carbocycles. The quantitative estimate of drug-likeness (QED) is 0.877. The van der Waals surface area contributed by atoms with Gasteiger partial charge in [0, 0.05) is 12.6 Å². The van der Waals surface area contributed by atoms with Gasteiger partial charge >= 0.3 is 6.18 Å². The highest BCUT2D eigenvalue weighted by Crippen LogP contribution is 2.32. The van der Waals surface area contributed by atoms with E-state index in [0.717, 1.165) is 43.7 Å². The fourth-order valence-corrected chi connectivity index (χ4v) is 2.94. The van der Waals surface area contributed by atoms with Crippen molar-refractivity contribution in [1.29, 1.82) is 0 Å². The monoisotopic (exact) mass is 315 g/mol. The molecular formula is C17H24F3NO. The first kappa shape index (κ1) is 17.3. The van der Waals surface area contributed by atoms with Crippen LogP contribution in [0, 0.1) is 5.92 Å². The molecule has 1 saturated carbocycles. The molecule has 0 amide bonds. The standard InChI is InChI=1S/C17H24F3NO/c1-12-6-8-15(9-7-12)21-11-16(2,22)13-4-3-5-14(10-13)17(18,19)20/h3-5,10,12,15,21-22H,6-9,11H2,1-2H3. The Morgan fingerprint density at radius 2 is 1.73 bits per heavy atom. The van der Waals surface area contributed by atoms with E-state index in [1.54, 1.807) is 13.0 Å². The average molecular weight is 315 g/mol. The van der Waals surface area contributed by atoms with Crippen molar-refractivity contribution in [2.75, 3.05) is 6.54 Å². The van der Waals surface area contributed by atoms with Gasteiger partial charge in [-0.25, -0.2) is 0 Å². The van der Waals surface area contributed by atoms with E-state index in [9.17, 15) is 18.3 Å². The van der Waals surface area contributed by atoms with E-state index < -0.39 is 17.3 Å². The molecule has 2 rings (SSSR count). The largest absolute Gasteiger partial charge is 0.416 e. The van der Waals surface area contributed by atoms with Gasteiger partial charge in [0.2, 0.25) is 0 Å². The molecule has 1 atom stereocenters. The molecule has 0 bridgehead atoms. The Balaban J connectivity index is 2.00. The minimum atomic E-state index is -4.39. The second-order valence-corrected chi connectivity index (χ2v) is 6.69. The van der Waals surface area contributed by atoms with Gasteiger partial charge in [0.25, 0.3) is 0 Å². The maximum absolute atomic E-state index is 12.8. The van der Waals surface area contributed by atoms with Crippen molar-refractivity contribution in [3.8, 4) is 0 Å². The van der Waals surface area contributed by atoms with E-state index >= 15 is 0 Å². The fraction of sp³-hybridized carbons (Fsp3) is 0.647. The van der Waals surface area contributed by atoms with Gasteiger partial charge in [-0.15, -0.1) is 0 Å². The molecule has 2 N–H and O–H groups in total. The van der Waals surface area contributed by atoms with Crippen molar-refractivity contribution in [3.63, 3.8) is 0 Å². The molecule has 0 heterocycles. The average Bonchev–Trinajstić information content (AvgIpc) is 2.46. The molecular weight excluding hydrogens is 291 g/mol. The first-order chi connectivity index (χ1) is 10.2. The number of hydrogen-bond acceptors (Lipinski definition) is 2. The van der Waals surface area contributed by atoms with E-state index in [2.05, 4.69) is 12.2 Å². The lowest BCUT2D eigenvalue weighted by Gasteiger charge is -2.31. The zero-order valence-corrected chi connectivity index (χ0v) is 13.1. The zero-order chi connectivity index (χ0) is 16.4. The normalized spacial score (nSPS) is 25.7. The Hall–Kier alpha value is -1.07. The summed E-state index contributed by atoms with van der Waals surface area (Å²) in [5.74, 6) is 0.738. The van der Waals surface area contributed by atoms with Gasteiger partial charge in [-0.05, 0) is 56.2 Å². The van der Waals surface area contributed by atoms with Crippen molar-refractivity contribution in [1.82, 2.24) is 5.32 Å². The second-order valence-electron chi connectivity index (χ2n) is 6.69. The molecule has 0 aromatic heterocycles. The third-order valence-electron chi connectivity index (χ3n) is 4.56. The third-order valence-corrected chi connectivity index (χ3v) is 4.56. The van der Waals surface area contributed by atoms with E-state index in [4.69, 9.17) is 0 Å². The molecule has 1 aliphatic rings. The highest BCUT2D eigenvalue weighted by Gasteiger charge is 2.33. The number of halogens is 3. The van der Waals surface area contributed by atoms with Crippen LogP contribution in [0.3, 0.4) is 0 Å². The summed E-state index contributed by atoms with van der Waals surface area (Å²) in [5.41, 5.74) is -1.75. The Bertz CT molecular complexity index is 491. The van der Waals surface area contributed by atoms with Crippen LogP contribution in [-0.4, -0.2) is 17.7 Å². The van der Waals surface area contributed by atoms with Crippen molar-refractivity contribution in [3.05, 3.63) is 35.4 Å². The number of hydrogen-bond donors (Lipinski definition) is 2. The van der Waals surface area contributed by atoms with E-state index in [0.29, 0.717) is 11.6 Å². The topological polar surface area (TPSA) is 32.3 Å². The molecule has 22 heavy (non-hydrogen) atoms. The van der Waals surface area contributed by atoms with Crippen LogP contribution in [0.2, 0.25) is 0 Å². The fourth-order valence-electron chi connectivity index (χ4n) is 2.94. The van der Waals surface area contributed by atoms with Crippen LogP contribution in [0.15, 0.2) is 24.3 Å². The third kappa shape index (κ3) is 4.46. The van der Waals surface area contributed by atoms with E-state index in [1.165, 1.54) is 6.07 Å². The Morgan fingerprint density at radius 1 is 1.14 bits per heavy atom. The predicted octanol–water partition coefficient (Wildman–Crippen LogP) is 4.08. The van der Waals surface area contributed by atoms with Gasteiger partial charge in [0.05, 0.1) is 11.2 Å². The van der Waals surface area contributed by atoms with Crippen molar-refractivity contribution in [2.45, 2.75) is 57.3 Å². The summed E-state index contributed by atoms with van der Waals surface area (Å²) in [6.45, 7) is 4.04. The second kappa shape index (κ2) is 6.59. The smallest absolute Gasteiger partial charge is 0.384 e. The number of alkyl halides is 3. The van der Waals surface area contributed by atoms with Gasteiger partial charge < -0.3 is 10.4 Å². The van der Waals surface area contributed by atoms with Crippen LogP contribution >= 0.6 is 0 Å². The van der Waals surface area contributed by atoms with Crippen LogP contribution in [-0.2, 0) is 11.8 Å². The predicted molar refractivity (Wildman–Crippen MR) is 80.4 cm³/mol.